The van der Waals surface area contributed by atoms with Gasteiger partial charge in [-0.1, -0.05) is 41.1 Å². The van der Waals surface area contributed by atoms with Crippen LogP contribution in [0.1, 0.15) is 18.9 Å². The van der Waals surface area contributed by atoms with Crippen LogP contribution < -0.4 is 0 Å². The lowest BCUT2D eigenvalue weighted by molar-refractivity contribution is 0.272. The lowest BCUT2D eigenvalue weighted by Gasteiger charge is -2.32. The van der Waals surface area contributed by atoms with Gasteiger partial charge in [0.15, 0.2) is 0 Å². The van der Waals surface area contributed by atoms with E-state index in [-0.39, 0.29) is 0 Å². The van der Waals surface area contributed by atoms with Crippen molar-refractivity contribution >= 4 is 27.7 Å². The number of hydrogen-bond donors (Lipinski definition) is 0. The van der Waals surface area contributed by atoms with Gasteiger partial charge in [-0.15, -0.1) is 0 Å². The SMILES string of the molecule is CCC1CN(Cc2ccccc2Br)CCS1. The first-order valence-electron chi connectivity index (χ1n) is 5.87. The first-order valence-corrected chi connectivity index (χ1v) is 7.71. The minimum Gasteiger partial charge on any atom is -0.297 e. The third-order valence-electron chi connectivity index (χ3n) is 3.03. The van der Waals surface area contributed by atoms with Gasteiger partial charge in [0.1, 0.15) is 0 Å². The van der Waals surface area contributed by atoms with E-state index in [9.17, 15) is 0 Å². The highest BCUT2D eigenvalue weighted by Gasteiger charge is 2.19. The molecule has 1 fully saturated rings. The second-order valence-electron chi connectivity index (χ2n) is 4.23. The molecule has 1 heterocycles. The summed E-state index contributed by atoms with van der Waals surface area (Å²) in [5.41, 5.74) is 1.41. The van der Waals surface area contributed by atoms with Crippen molar-refractivity contribution < 1.29 is 0 Å². The molecular formula is C13H18BrNS. The van der Waals surface area contributed by atoms with Crippen molar-refractivity contribution in [3.63, 3.8) is 0 Å². The molecule has 1 nitrogen and oxygen atoms in total. The minimum atomic E-state index is 0.830. The fourth-order valence-electron chi connectivity index (χ4n) is 2.04. The van der Waals surface area contributed by atoms with Gasteiger partial charge in [-0.2, -0.15) is 11.8 Å². The second kappa shape index (κ2) is 6.08. The molecule has 16 heavy (non-hydrogen) atoms. The van der Waals surface area contributed by atoms with Crippen molar-refractivity contribution in [2.45, 2.75) is 25.1 Å². The van der Waals surface area contributed by atoms with Gasteiger partial charge in [-0.3, -0.25) is 4.90 Å². The predicted molar refractivity (Wildman–Crippen MR) is 76.0 cm³/mol. The first kappa shape index (κ1) is 12.5. The maximum absolute atomic E-state index is 3.62. The van der Waals surface area contributed by atoms with E-state index in [4.69, 9.17) is 0 Å². The fourth-order valence-corrected chi connectivity index (χ4v) is 3.70. The van der Waals surface area contributed by atoms with Gasteiger partial charge in [-0.05, 0) is 18.1 Å². The third-order valence-corrected chi connectivity index (χ3v) is 5.18. The molecule has 0 bridgehead atoms. The highest BCUT2D eigenvalue weighted by molar-refractivity contribution is 9.10. The molecule has 0 N–H and O–H groups in total. The monoisotopic (exact) mass is 299 g/mol. The molecule has 1 aromatic carbocycles. The number of hydrogen-bond acceptors (Lipinski definition) is 2. The summed E-state index contributed by atoms with van der Waals surface area (Å²) in [6.45, 7) is 5.84. The normalized spacial score (nSPS) is 22.2. The molecule has 0 spiro atoms. The maximum Gasteiger partial charge on any atom is 0.0245 e. The van der Waals surface area contributed by atoms with Crippen LogP contribution in [0, 0.1) is 0 Å². The van der Waals surface area contributed by atoms with Crippen molar-refractivity contribution in [1.82, 2.24) is 4.90 Å². The molecule has 0 aliphatic carbocycles. The molecule has 88 valence electrons. The van der Waals surface area contributed by atoms with Crippen LogP contribution >= 0.6 is 27.7 Å². The quantitative estimate of drug-likeness (QED) is 0.836. The summed E-state index contributed by atoms with van der Waals surface area (Å²) in [4.78, 5) is 2.57. The Balaban J connectivity index is 1.97. The average molecular weight is 300 g/mol. The van der Waals surface area contributed by atoms with Gasteiger partial charge in [0.25, 0.3) is 0 Å². The molecule has 0 saturated carbocycles. The summed E-state index contributed by atoms with van der Waals surface area (Å²) in [6, 6.07) is 8.54. The number of halogens is 1. The molecule has 0 aromatic heterocycles. The zero-order valence-electron chi connectivity index (χ0n) is 9.66. The molecule has 0 amide bonds. The summed E-state index contributed by atoms with van der Waals surface area (Å²) in [6.07, 6.45) is 1.29. The number of benzene rings is 1. The number of nitrogens with zero attached hydrogens (tertiary/aromatic N) is 1. The molecule has 1 saturated heterocycles. The molecule has 2 rings (SSSR count). The van der Waals surface area contributed by atoms with Crippen LogP contribution in [-0.2, 0) is 6.54 Å². The van der Waals surface area contributed by atoms with Gasteiger partial charge >= 0.3 is 0 Å². The van der Waals surface area contributed by atoms with Crippen molar-refractivity contribution in [3.8, 4) is 0 Å². The summed E-state index contributed by atoms with van der Waals surface area (Å²) >= 11 is 5.75. The third kappa shape index (κ3) is 3.25. The lowest BCUT2D eigenvalue weighted by Crippen LogP contribution is -2.37. The topological polar surface area (TPSA) is 3.24 Å². The molecular weight excluding hydrogens is 282 g/mol. The first-order chi connectivity index (χ1) is 7.79. The van der Waals surface area contributed by atoms with Crippen molar-refractivity contribution in [2.75, 3.05) is 18.8 Å². The zero-order valence-corrected chi connectivity index (χ0v) is 12.1. The molecule has 1 aromatic rings. The number of thioether (sulfide) groups is 1. The Hall–Kier alpha value is 0.01000. The van der Waals surface area contributed by atoms with Crippen LogP contribution in [0.4, 0.5) is 0 Å². The maximum atomic E-state index is 3.62. The van der Waals surface area contributed by atoms with Crippen LogP contribution in [0.2, 0.25) is 0 Å². The average Bonchev–Trinajstić information content (AvgIpc) is 2.32. The van der Waals surface area contributed by atoms with Crippen LogP contribution in [0.5, 0.6) is 0 Å². The van der Waals surface area contributed by atoms with Crippen molar-refractivity contribution in [1.29, 1.82) is 0 Å². The largest absolute Gasteiger partial charge is 0.297 e. The molecule has 0 radical (unpaired) electrons. The Morgan fingerprint density at radius 3 is 3.00 bits per heavy atom. The van der Waals surface area contributed by atoms with Gasteiger partial charge in [-0.25, -0.2) is 0 Å². The highest BCUT2D eigenvalue weighted by Crippen LogP contribution is 2.24. The lowest BCUT2D eigenvalue weighted by atomic mass is 10.2. The van der Waals surface area contributed by atoms with Crippen LogP contribution in [-0.4, -0.2) is 29.0 Å². The highest BCUT2D eigenvalue weighted by atomic mass is 79.9. The van der Waals surface area contributed by atoms with E-state index < -0.39 is 0 Å². The van der Waals surface area contributed by atoms with Crippen molar-refractivity contribution in [2.24, 2.45) is 0 Å². The van der Waals surface area contributed by atoms with Crippen LogP contribution in [0.25, 0.3) is 0 Å². The summed E-state index contributed by atoms with van der Waals surface area (Å²) in [5.74, 6) is 1.28. The number of rotatable bonds is 3. The zero-order chi connectivity index (χ0) is 11.4. The van der Waals surface area contributed by atoms with E-state index in [0.29, 0.717) is 0 Å². The summed E-state index contributed by atoms with van der Waals surface area (Å²) in [7, 11) is 0. The van der Waals surface area contributed by atoms with Crippen molar-refractivity contribution in [3.05, 3.63) is 34.3 Å². The van der Waals surface area contributed by atoms with E-state index in [1.165, 1.54) is 35.3 Å². The Kier molecular flexibility index (Phi) is 4.74. The smallest absolute Gasteiger partial charge is 0.0245 e. The summed E-state index contributed by atoms with van der Waals surface area (Å²) < 4.78 is 1.24. The van der Waals surface area contributed by atoms with Gasteiger partial charge in [0.05, 0.1) is 0 Å². The second-order valence-corrected chi connectivity index (χ2v) is 6.49. The van der Waals surface area contributed by atoms with E-state index in [0.717, 1.165) is 11.8 Å². The molecule has 1 unspecified atom stereocenters. The Labute approximate surface area is 111 Å². The van der Waals surface area contributed by atoms with E-state index in [2.05, 4.69) is 63.8 Å². The van der Waals surface area contributed by atoms with E-state index >= 15 is 0 Å². The Morgan fingerprint density at radius 2 is 2.25 bits per heavy atom. The van der Waals surface area contributed by atoms with Crippen LogP contribution in [0.15, 0.2) is 28.7 Å². The standard InChI is InChI=1S/C13H18BrNS/c1-2-12-10-15(7-8-16-12)9-11-5-3-4-6-13(11)14/h3-6,12H,2,7-10H2,1H3. The molecule has 1 aliphatic heterocycles. The molecule has 1 aliphatic rings. The van der Waals surface area contributed by atoms with Gasteiger partial charge in [0.2, 0.25) is 0 Å². The van der Waals surface area contributed by atoms with E-state index in [1.807, 2.05) is 0 Å². The van der Waals surface area contributed by atoms with Gasteiger partial charge < -0.3 is 0 Å². The predicted octanol–water partition coefficient (Wildman–Crippen LogP) is 3.78. The summed E-state index contributed by atoms with van der Waals surface area (Å²) in [5, 5.41) is 0.830. The minimum absolute atomic E-state index is 0.830. The van der Waals surface area contributed by atoms with Gasteiger partial charge in [0, 0.05) is 35.1 Å². The molecule has 1 atom stereocenters. The van der Waals surface area contributed by atoms with Crippen LogP contribution in [0.3, 0.4) is 0 Å². The molecule has 3 heteroatoms. The Bertz CT molecular complexity index is 342. The van der Waals surface area contributed by atoms with E-state index in [1.54, 1.807) is 0 Å². The Morgan fingerprint density at radius 1 is 1.44 bits per heavy atom. The fraction of sp³-hybridized carbons (Fsp3) is 0.538.